The van der Waals surface area contributed by atoms with E-state index in [2.05, 4.69) is 29.5 Å². The predicted octanol–water partition coefficient (Wildman–Crippen LogP) is 1.30. The normalized spacial score (nSPS) is 10.9. The molecule has 0 aliphatic heterocycles. The molecular formula is C12H21N3O2. The third-order valence-corrected chi connectivity index (χ3v) is 2.41. The Morgan fingerprint density at radius 3 is 2.65 bits per heavy atom. The van der Waals surface area contributed by atoms with Gasteiger partial charge in [0.05, 0.1) is 12.2 Å². The number of carbonyl (C=O) groups is 1. The minimum atomic E-state index is 0.00616. The van der Waals surface area contributed by atoms with Crippen LogP contribution < -0.4 is 10.6 Å². The van der Waals surface area contributed by atoms with Crippen molar-refractivity contribution in [2.75, 3.05) is 6.54 Å². The quantitative estimate of drug-likeness (QED) is 0.785. The van der Waals surface area contributed by atoms with Gasteiger partial charge < -0.3 is 15.1 Å². The highest BCUT2D eigenvalue weighted by Gasteiger charge is 2.07. The van der Waals surface area contributed by atoms with Crippen molar-refractivity contribution in [3.8, 4) is 0 Å². The summed E-state index contributed by atoms with van der Waals surface area (Å²) >= 11 is 0. The lowest BCUT2D eigenvalue weighted by atomic mass is 10.3. The summed E-state index contributed by atoms with van der Waals surface area (Å²) in [5, 5.41) is 5.97. The smallest absolute Gasteiger partial charge is 0.221 e. The van der Waals surface area contributed by atoms with E-state index in [1.165, 1.54) is 0 Å². The molecule has 0 atom stereocenters. The molecule has 2 N–H and O–H groups in total. The summed E-state index contributed by atoms with van der Waals surface area (Å²) in [4.78, 5) is 15.7. The van der Waals surface area contributed by atoms with Gasteiger partial charge in [0.1, 0.15) is 5.76 Å². The van der Waals surface area contributed by atoms with Crippen molar-refractivity contribution in [2.45, 2.75) is 46.7 Å². The first-order valence-corrected chi connectivity index (χ1v) is 5.92. The number of nitrogens with zero attached hydrogens (tertiary/aromatic N) is 1. The van der Waals surface area contributed by atoms with Gasteiger partial charge in [0, 0.05) is 19.0 Å². The molecule has 1 amide bonds. The minimum absolute atomic E-state index is 0.00616. The Kier molecular flexibility index (Phi) is 5.15. The predicted molar refractivity (Wildman–Crippen MR) is 65.6 cm³/mol. The van der Waals surface area contributed by atoms with Crippen LogP contribution in [0.15, 0.2) is 4.42 Å². The van der Waals surface area contributed by atoms with Gasteiger partial charge in [-0.05, 0) is 13.8 Å². The second-order valence-corrected chi connectivity index (χ2v) is 4.38. The fourth-order valence-corrected chi connectivity index (χ4v) is 1.35. The molecule has 0 saturated heterocycles. The van der Waals surface area contributed by atoms with Crippen molar-refractivity contribution in [1.82, 2.24) is 15.6 Å². The van der Waals surface area contributed by atoms with Gasteiger partial charge in [-0.1, -0.05) is 13.8 Å². The van der Waals surface area contributed by atoms with E-state index >= 15 is 0 Å². The van der Waals surface area contributed by atoms with E-state index in [0.717, 1.165) is 11.5 Å². The average Bonchev–Trinajstić information content (AvgIpc) is 2.55. The van der Waals surface area contributed by atoms with Crippen LogP contribution in [0.4, 0.5) is 0 Å². The zero-order chi connectivity index (χ0) is 12.8. The molecule has 1 aromatic heterocycles. The van der Waals surface area contributed by atoms with Crippen molar-refractivity contribution >= 4 is 5.91 Å². The summed E-state index contributed by atoms with van der Waals surface area (Å²) in [7, 11) is 0. The number of hydrogen-bond acceptors (Lipinski definition) is 4. The molecule has 0 aliphatic rings. The van der Waals surface area contributed by atoms with E-state index in [1.807, 2.05) is 13.8 Å². The summed E-state index contributed by atoms with van der Waals surface area (Å²) < 4.78 is 5.37. The first kappa shape index (κ1) is 13.7. The van der Waals surface area contributed by atoms with Crippen LogP contribution in [-0.2, 0) is 11.3 Å². The molecule has 1 rings (SSSR count). The van der Waals surface area contributed by atoms with Gasteiger partial charge in [-0.2, -0.15) is 0 Å². The standard InChI is InChI=1S/C12H21N3O2/c1-8(2)13-6-5-11(16)14-7-12-15-9(3)10(4)17-12/h8,13H,5-7H2,1-4H3,(H,14,16). The summed E-state index contributed by atoms with van der Waals surface area (Å²) in [6, 6.07) is 0.403. The van der Waals surface area contributed by atoms with Crippen molar-refractivity contribution in [3.05, 3.63) is 17.3 Å². The number of carbonyl (C=O) groups excluding carboxylic acids is 1. The van der Waals surface area contributed by atoms with Gasteiger partial charge in [0.15, 0.2) is 0 Å². The van der Waals surface area contributed by atoms with Crippen LogP contribution in [0.2, 0.25) is 0 Å². The molecule has 0 radical (unpaired) electrons. The van der Waals surface area contributed by atoms with Crippen LogP contribution in [0.5, 0.6) is 0 Å². The van der Waals surface area contributed by atoms with E-state index in [9.17, 15) is 4.79 Å². The second-order valence-electron chi connectivity index (χ2n) is 4.38. The third kappa shape index (κ3) is 4.99. The minimum Gasteiger partial charge on any atom is -0.444 e. The summed E-state index contributed by atoms with van der Waals surface area (Å²) in [5.41, 5.74) is 0.871. The molecule has 17 heavy (non-hydrogen) atoms. The highest BCUT2D eigenvalue weighted by Crippen LogP contribution is 2.07. The van der Waals surface area contributed by atoms with Crippen LogP contribution in [-0.4, -0.2) is 23.5 Å². The number of rotatable bonds is 6. The molecule has 0 fully saturated rings. The maximum atomic E-state index is 11.5. The molecule has 96 valence electrons. The Morgan fingerprint density at radius 1 is 1.41 bits per heavy atom. The number of aryl methyl sites for hydroxylation is 2. The number of oxazole rings is 1. The molecule has 0 aliphatic carbocycles. The van der Waals surface area contributed by atoms with Crippen molar-refractivity contribution in [1.29, 1.82) is 0 Å². The zero-order valence-corrected chi connectivity index (χ0v) is 11.0. The lowest BCUT2D eigenvalue weighted by Gasteiger charge is -2.07. The van der Waals surface area contributed by atoms with Crippen LogP contribution in [0, 0.1) is 13.8 Å². The van der Waals surface area contributed by atoms with E-state index in [1.54, 1.807) is 0 Å². The topological polar surface area (TPSA) is 67.2 Å². The number of nitrogens with one attached hydrogen (secondary N) is 2. The van der Waals surface area contributed by atoms with Crippen LogP contribution in [0.1, 0.15) is 37.6 Å². The van der Waals surface area contributed by atoms with Gasteiger partial charge in [0.2, 0.25) is 11.8 Å². The monoisotopic (exact) mass is 239 g/mol. The lowest BCUT2D eigenvalue weighted by Crippen LogP contribution is -2.30. The Labute approximate surface area is 102 Å². The fraction of sp³-hybridized carbons (Fsp3) is 0.667. The Hall–Kier alpha value is -1.36. The highest BCUT2D eigenvalue weighted by atomic mass is 16.4. The first-order valence-electron chi connectivity index (χ1n) is 5.92. The fourth-order valence-electron chi connectivity index (χ4n) is 1.35. The summed E-state index contributed by atoms with van der Waals surface area (Å²) in [5.74, 6) is 1.37. The van der Waals surface area contributed by atoms with E-state index < -0.39 is 0 Å². The molecule has 0 bridgehead atoms. The highest BCUT2D eigenvalue weighted by molar-refractivity contribution is 5.75. The molecule has 0 unspecified atom stereocenters. The largest absolute Gasteiger partial charge is 0.444 e. The van der Waals surface area contributed by atoms with Gasteiger partial charge in [-0.25, -0.2) is 4.98 Å². The molecule has 5 nitrogen and oxygen atoms in total. The van der Waals surface area contributed by atoms with Crippen LogP contribution >= 0.6 is 0 Å². The SMILES string of the molecule is Cc1nc(CNC(=O)CCNC(C)C)oc1C. The molecule has 1 heterocycles. The maximum Gasteiger partial charge on any atom is 0.221 e. The maximum absolute atomic E-state index is 11.5. The molecular weight excluding hydrogens is 218 g/mol. The van der Waals surface area contributed by atoms with Crippen molar-refractivity contribution < 1.29 is 9.21 Å². The van der Waals surface area contributed by atoms with Gasteiger partial charge in [-0.15, -0.1) is 0 Å². The Balaban J connectivity index is 2.24. The lowest BCUT2D eigenvalue weighted by molar-refractivity contribution is -0.121. The molecule has 5 heteroatoms. The molecule has 0 aromatic carbocycles. The van der Waals surface area contributed by atoms with Crippen LogP contribution in [0.25, 0.3) is 0 Å². The summed E-state index contributed by atoms with van der Waals surface area (Å²) in [6.45, 7) is 8.89. The molecule has 0 spiro atoms. The third-order valence-electron chi connectivity index (χ3n) is 2.41. The van der Waals surface area contributed by atoms with E-state index in [-0.39, 0.29) is 5.91 Å². The Bertz CT molecular complexity index is 352. The number of aromatic nitrogens is 1. The number of hydrogen-bond donors (Lipinski definition) is 2. The second kappa shape index (κ2) is 6.39. The first-order chi connectivity index (χ1) is 7.99. The van der Waals surface area contributed by atoms with Crippen molar-refractivity contribution in [2.24, 2.45) is 0 Å². The van der Waals surface area contributed by atoms with Crippen LogP contribution in [0.3, 0.4) is 0 Å². The van der Waals surface area contributed by atoms with Gasteiger partial charge in [-0.3, -0.25) is 4.79 Å². The summed E-state index contributed by atoms with van der Waals surface area (Å²) in [6.07, 6.45) is 0.469. The van der Waals surface area contributed by atoms with Gasteiger partial charge >= 0.3 is 0 Å². The van der Waals surface area contributed by atoms with E-state index in [0.29, 0.717) is 31.4 Å². The molecule has 0 saturated carbocycles. The van der Waals surface area contributed by atoms with E-state index in [4.69, 9.17) is 4.42 Å². The average molecular weight is 239 g/mol. The zero-order valence-electron chi connectivity index (χ0n) is 11.0. The van der Waals surface area contributed by atoms with Crippen molar-refractivity contribution in [3.63, 3.8) is 0 Å². The Morgan fingerprint density at radius 2 is 2.12 bits per heavy atom. The molecule has 1 aromatic rings. The van der Waals surface area contributed by atoms with Gasteiger partial charge in [0.25, 0.3) is 0 Å². The number of amides is 1.